The number of carbonyl (C=O) groups is 2. The number of aromatic nitrogens is 1. The van der Waals surface area contributed by atoms with E-state index in [1.165, 1.54) is 0 Å². The Morgan fingerprint density at radius 3 is 2.50 bits per heavy atom. The van der Waals surface area contributed by atoms with Crippen LogP contribution in [0.4, 0.5) is 10.5 Å². The Bertz CT molecular complexity index is 868. The number of rotatable bonds is 3. The van der Waals surface area contributed by atoms with E-state index in [9.17, 15) is 9.59 Å². The lowest BCUT2D eigenvalue weighted by Gasteiger charge is -2.32. The van der Waals surface area contributed by atoms with Gasteiger partial charge >= 0.3 is 6.09 Å². The van der Waals surface area contributed by atoms with Gasteiger partial charge in [-0.2, -0.15) is 0 Å². The first-order valence-electron chi connectivity index (χ1n) is 9.49. The van der Waals surface area contributed by atoms with Crippen molar-refractivity contribution in [1.29, 1.82) is 0 Å². The maximum Gasteiger partial charge on any atom is 0.410 e. The Morgan fingerprint density at radius 2 is 1.86 bits per heavy atom. The highest BCUT2D eigenvalue weighted by molar-refractivity contribution is 6.01. The third kappa shape index (κ3) is 4.71. The molecular formula is C21H27N3O4. The number of ether oxygens (including phenoxy) is 2. The topological polar surface area (TPSA) is 80.8 Å². The van der Waals surface area contributed by atoms with Crippen molar-refractivity contribution in [1.82, 2.24) is 9.88 Å². The Hall–Kier alpha value is -2.83. The molecule has 150 valence electrons. The third-order valence-corrected chi connectivity index (χ3v) is 4.68. The molecule has 1 aromatic heterocycles. The van der Waals surface area contributed by atoms with Gasteiger partial charge in [-0.25, -0.2) is 9.78 Å². The molecule has 7 nitrogen and oxygen atoms in total. The molecule has 0 radical (unpaired) electrons. The molecule has 0 unspecified atom stereocenters. The van der Waals surface area contributed by atoms with Crippen LogP contribution in [-0.4, -0.2) is 47.7 Å². The summed E-state index contributed by atoms with van der Waals surface area (Å²) in [5.74, 6) is 0.292. The van der Waals surface area contributed by atoms with Crippen LogP contribution in [-0.2, 0) is 9.53 Å². The molecule has 2 amide bonds. The zero-order valence-corrected chi connectivity index (χ0v) is 16.8. The van der Waals surface area contributed by atoms with Crippen molar-refractivity contribution in [2.24, 2.45) is 5.92 Å². The molecule has 1 saturated heterocycles. The number of carbonyl (C=O) groups excluding carboxylic acids is 2. The minimum absolute atomic E-state index is 0.0547. The first-order valence-corrected chi connectivity index (χ1v) is 9.49. The highest BCUT2D eigenvalue weighted by Crippen LogP contribution is 2.26. The van der Waals surface area contributed by atoms with Crippen molar-refractivity contribution in [3.8, 4) is 5.88 Å². The van der Waals surface area contributed by atoms with E-state index in [0.29, 0.717) is 43.0 Å². The van der Waals surface area contributed by atoms with E-state index < -0.39 is 5.60 Å². The number of methoxy groups -OCH3 is 1. The number of amides is 2. The van der Waals surface area contributed by atoms with Gasteiger partial charge < -0.3 is 19.7 Å². The normalized spacial score (nSPS) is 15.4. The standard InChI is InChI=1S/C21H27N3O4/c1-21(2,3)28-20(26)24-12-10-15(11-13-24)19(25)22-16-7-5-6-14-8-9-17(27-4)23-18(14)16/h5-9,15H,10-13H2,1-4H3,(H,22,25). The average molecular weight is 385 g/mol. The molecule has 2 aromatic rings. The summed E-state index contributed by atoms with van der Waals surface area (Å²) in [7, 11) is 1.56. The van der Waals surface area contributed by atoms with E-state index in [4.69, 9.17) is 9.47 Å². The van der Waals surface area contributed by atoms with Crippen LogP contribution in [0.1, 0.15) is 33.6 Å². The first kappa shape index (κ1) is 19.9. The largest absolute Gasteiger partial charge is 0.481 e. The number of fused-ring (bicyclic) bond motifs is 1. The highest BCUT2D eigenvalue weighted by Gasteiger charge is 2.30. The molecule has 1 aliphatic rings. The summed E-state index contributed by atoms with van der Waals surface area (Å²) in [6.07, 6.45) is 0.885. The van der Waals surface area contributed by atoms with Gasteiger partial charge in [0, 0.05) is 30.5 Å². The van der Waals surface area contributed by atoms with E-state index in [1.807, 2.05) is 45.0 Å². The van der Waals surface area contributed by atoms with Crippen LogP contribution in [0.3, 0.4) is 0 Å². The lowest BCUT2D eigenvalue weighted by Crippen LogP contribution is -2.43. The first-order chi connectivity index (χ1) is 13.3. The van der Waals surface area contributed by atoms with Crippen molar-refractivity contribution in [2.45, 2.75) is 39.2 Å². The van der Waals surface area contributed by atoms with E-state index in [0.717, 1.165) is 5.39 Å². The molecule has 28 heavy (non-hydrogen) atoms. The third-order valence-electron chi connectivity index (χ3n) is 4.68. The van der Waals surface area contributed by atoms with Gasteiger partial charge in [-0.15, -0.1) is 0 Å². The Labute approximate surface area is 165 Å². The van der Waals surface area contributed by atoms with Crippen LogP contribution in [0.25, 0.3) is 10.9 Å². The predicted molar refractivity (Wildman–Crippen MR) is 107 cm³/mol. The van der Waals surface area contributed by atoms with Crippen molar-refractivity contribution in [2.75, 3.05) is 25.5 Å². The molecular weight excluding hydrogens is 358 g/mol. The molecule has 0 spiro atoms. The van der Waals surface area contributed by atoms with Crippen LogP contribution in [0, 0.1) is 5.92 Å². The molecule has 0 bridgehead atoms. The summed E-state index contributed by atoms with van der Waals surface area (Å²) in [6, 6.07) is 9.37. The Morgan fingerprint density at radius 1 is 1.14 bits per heavy atom. The van der Waals surface area contributed by atoms with E-state index in [1.54, 1.807) is 18.1 Å². The highest BCUT2D eigenvalue weighted by atomic mass is 16.6. The second-order valence-electron chi connectivity index (χ2n) is 7.96. The fourth-order valence-corrected chi connectivity index (χ4v) is 3.23. The van der Waals surface area contributed by atoms with Gasteiger partial charge in [-0.05, 0) is 45.7 Å². The molecule has 1 aliphatic heterocycles. The van der Waals surface area contributed by atoms with Gasteiger partial charge in [-0.3, -0.25) is 4.79 Å². The fourth-order valence-electron chi connectivity index (χ4n) is 3.23. The van der Waals surface area contributed by atoms with Crippen molar-refractivity contribution in [3.63, 3.8) is 0 Å². The lowest BCUT2D eigenvalue weighted by molar-refractivity contribution is -0.121. The zero-order valence-electron chi connectivity index (χ0n) is 16.8. The van der Waals surface area contributed by atoms with Crippen LogP contribution in [0.2, 0.25) is 0 Å². The van der Waals surface area contributed by atoms with Gasteiger partial charge in [0.05, 0.1) is 18.3 Å². The summed E-state index contributed by atoms with van der Waals surface area (Å²) in [6.45, 7) is 6.55. The molecule has 2 heterocycles. The maximum absolute atomic E-state index is 12.8. The van der Waals surface area contributed by atoms with Crippen LogP contribution in [0.15, 0.2) is 30.3 Å². The number of nitrogens with zero attached hydrogens (tertiary/aromatic N) is 2. The molecule has 7 heteroatoms. The summed E-state index contributed by atoms with van der Waals surface area (Å²) in [5.41, 5.74) is 0.839. The van der Waals surface area contributed by atoms with Gasteiger partial charge in [-0.1, -0.05) is 12.1 Å². The number of hydrogen-bond donors (Lipinski definition) is 1. The number of hydrogen-bond acceptors (Lipinski definition) is 5. The number of anilines is 1. The summed E-state index contributed by atoms with van der Waals surface area (Å²) in [5, 5.41) is 3.93. The summed E-state index contributed by atoms with van der Waals surface area (Å²) >= 11 is 0. The van der Waals surface area contributed by atoms with Crippen molar-refractivity contribution in [3.05, 3.63) is 30.3 Å². The molecule has 0 saturated carbocycles. The number of pyridine rings is 1. The summed E-state index contributed by atoms with van der Waals surface area (Å²) in [4.78, 5) is 31.1. The van der Waals surface area contributed by atoms with Crippen LogP contribution >= 0.6 is 0 Å². The van der Waals surface area contributed by atoms with Crippen molar-refractivity contribution >= 4 is 28.6 Å². The smallest absolute Gasteiger partial charge is 0.410 e. The number of likely N-dealkylation sites (tertiary alicyclic amines) is 1. The zero-order chi connectivity index (χ0) is 20.3. The van der Waals surface area contributed by atoms with E-state index in [2.05, 4.69) is 10.3 Å². The molecule has 3 rings (SSSR count). The molecule has 1 aromatic carbocycles. The minimum atomic E-state index is -0.520. The van der Waals surface area contributed by atoms with Crippen LogP contribution in [0.5, 0.6) is 5.88 Å². The molecule has 0 atom stereocenters. The van der Waals surface area contributed by atoms with Gasteiger partial charge in [0.1, 0.15) is 5.60 Å². The Balaban J connectivity index is 1.64. The number of piperidine rings is 1. The van der Waals surface area contributed by atoms with Crippen LogP contribution < -0.4 is 10.1 Å². The van der Waals surface area contributed by atoms with E-state index >= 15 is 0 Å². The van der Waals surface area contributed by atoms with E-state index in [-0.39, 0.29) is 17.9 Å². The average Bonchev–Trinajstić information content (AvgIpc) is 2.66. The van der Waals surface area contributed by atoms with Gasteiger partial charge in [0.25, 0.3) is 0 Å². The Kier molecular flexibility index (Phi) is 5.72. The maximum atomic E-state index is 12.8. The van der Waals surface area contributed by atoms with Crippen molar-refractivity contribution < 1.29 is 19.1 Å². The summed E-state index contributed by atoms with van der Waals surface area (Å²) < 4.78 is 10.6. The number of benzene rings is 1. The fraction of sp³-hybridized carbons (Fsp3) is 0.476. The molecule has 1 N–H and O–H groups in total. The molecule has 1 fully saturated rings. The van der Waals surface area contributed by atoms with Gasteiger partial charge in [0.2, 0.25) is 11.8 Å². The van der Waals surface area contributed by atoms with Gasteiger partial charge in [0.15, 0.2) is 0 Å². The second-order valence-corrected chi connectivity index (χ2v) is 7.96. The number of para-hydroxylation sites is 1. The monoisotopic (exact) mass is 385 g/mol. The lowest BCUT2D eigenvalue weighted by atomic mass is 9.96. The second kappa shape index (κ2) is 8.04. The quantitative estimate of drug-likeness (QED) is 0.868. The molecule has 0 aliphatic carbocycles. The SMILES string of the molecule is COc1ccc2cccc(NC(=O)C3CCN(C(=O)OC(C)(C)C)CC3)c2n1. The predicted octanol–water partition coefficient (Wildman–Crippen LogP) is 3.83. The minimum Gasteiger partial charge on any atom is -0.481 e. The number of nitrogens with one attached hydrogen (secondary N) is 1.